The smallest absolute Gasteiger partial charge is 0.267 e. The molecule has 7 heteroatoms. The van der Waals surface area contributed by atoms with Gasteiger partial charge in [-0.1, -0.05) is 44.2 Å². The number of carbonyl (C=O) groups is 2. The summed E-state index contributed by atoms with van der Waals surface area (Å²) in [5.74, 6) is -0.351. The standard InChI is InChI=1S/C26H31FN4O2/c1-3-31(15-13-28-24(32)23-16-19-6-4-5-7-22(19)30-23)14-12-26(2)21(17-29-25(26)33)18-8-10-20(27)11-9-18/h4-11,16,21,30H,3,12-15,17H2,1-2H3,(H,28,32)(H,29,33)/t21-,26?/m1/s1. The van der Waals surface area contributed by atoms with E-state index in [1.54, 1.807) is 12.1 Å². The van der Waals surface area contributed by atoms with Crippen molar-refractivity contribution in [3.8, 4) is 0 Å². The quantitative estimate of drug-likeness (QED) is 0.466. The van der Waals surface area contributed by atoms with Gasteiger partial charge in [0.25, 0.3) is 5.91 Å². The molecular weight excluding hydrogens is 419 g/mol. The van der Waals surface area contributed by atoms with Gasteiger partial charge in [-0.05, 0) is 49.3 Å². The van der Waals surface area contributed by atoms with Crippen molar-refractivity contribution in [2.24, 2.45) is 5.41 Å². The number of hydrogen-bond donors (Lipinski definition) is 3. The van der Waals surface area contributed by atoms with Crippen molar-refractivity contribution in [2.45, 2.75) is 26.2 Å². The van der Waals surface area contributed by atoms with Crippen molar-refractivity contribution < 1.29 is 14.0 Å². The molecule has 0 spiro atoms. The lowest BCUT2D eigenvalue weighted by Gasteiger charge is -2.31. The van der Waals surface area contributed by atoms with Gasteiger partial charge in [0.1, 0.15) is 11.5 Å². The van der Waals surface area contributed by atoms with Gasteiger partial charge in [0.15, 0.2) is 0 Å². The molecule has 174 valence electrons. The largest absolute Gasteiger partial charge is 0.355 e. The molecule has 0 bridgehead atoms. The van der Waals surface area contributed by atoms with Crippen LogP contribution in [0.1, 0.15) is 42.2 Å². The van der Waals surface area contributed by atoms with Crippen LogP contribution in [0.2, 0.25) is 0 Å². The third-order valence-corrected chi connectivity index (χ3v) is 6.91. The van der Waals surface area contributed by atoms with Crippen LogP contribution in [0.15, 0.2) is 54.6 Å². The molecule has 2 heterocycles. The van der Waals surface area contributed by atoms with Crippen LogP contribution in [0.5, 0.6) is 0 Å². The van der Waals surface area contributed by atoms with Crippen molar-refractivity contribution in [1.82, 2.24) is 20.5 Å². The van der Waals surface area contributed by atoms with Gasteiger partial charge in [0.2, 0.25) is 5.91 Å². The number of fused-ring (bicyclic) bond motifs is 1. The molecule has 4 rings (SSSR count). The molecule has 6 nitrogen and oxygen atoms in total. The Morgan fingerprint density at radius 2 is 1.94 bits per heavy atom. The summed E-state index contributed by atoms with van der Waals surface area (Å²) in [5.41, 5.74) is 1.91. The van der Waals surface area contributed by atoms with Crippen molar-refractivity contribution >= 4 is 22.7 Å². The SMILES string of the molecule is CCN(CCNC(=O)c1cc2ccccc2[nH]1)CCC1(C)C(=O)NC[C@@H]1c1ccc(F)cc1. The summed E-state index contributed by atoms with van der Waals surface area (Å²) < 4.78 is 13.4. The van der Waals surface area contributed by atoms with E-state index >= 15 is 0 Å². The summed E-state index contributed by atoms with van der Waals surface area (Å²) in [7, 11) is 0. The number of H-pyrrole nitrogens is 1. The number of halogens is 1. The summed E-state index contributed by atoms with van der Waals surface area (Å²) in [4.78, 5) is 30.6. The number of nitrogens with one attached hydrogen (secondary N) is 3. The molecule has 3 N–H and O–H groups in total. The Morgan fingerprint density at radius 3 is 2.67 bits per heavy atom. The first-order valence-corrected chi connectivity index (χ1v) is 11.5. The number of likely N-dealkylation sites (N-methyl/N-ethyl adjacent to an activating group) is 1. The van der Waals surface area contributed by atoms with Crippen LogP contribution in [-0.4, -0.2) is 54.4 Å². The van der Waals surface area contributed by atoms with Gasteiger partial charge in [-0.3, -0.25) is 9.59 Å². The van der Waals surface area contributed by atoms with Gasteiger partial charge >= 0.3 is 0 Å². The molecule has 1 aromatic heterocycles. The highest BCUT2D eigenvalue weighted by Gasteiger charge is 2.46. The van der Waals surface area contributed by atoms with E-state index < -0.39 is 5.41 Å². The summed E-state index contributed by atoms with van der Waals surface area (Å²) in [6, 6.07) is 16.1. The second kappa shape index (κ2) is 9.75. The fraction of sp³-hybridized carbons (Fsp3) is 0.385. The van der Waals surface area contributed by atoms with Crippen molar-refractivity contribution in [2.75, 3.05) is 32.7 Å². The third-order valence-electron chi connectivity index (χ3n) is 6.91. The van der Waals surface area contributed by atoms with Gasteiger partial charge in [-0.15, -0.1) is 0 Å². The minimum atomic E-state index is -0.557. The highest BCUT2D eigenvalue weighted by molar-refractivity contribution is 5.97. The lowest BCUT2D eigenvalue weighted by atomic mass is 9.73. The number of carbonyl (C=O) groups excluding carboxylic acids is 2. The Morgan fingerprint density at radius 1 is 1.18 bits per heavy atom. The predicted molar refractivity (Wildman–Crippen MR) is 128 cm³/mol. The Kier molecular flexibility index (Phi) is 6.79. The molecule has 33 heavy (non-hydrogen) atoms. The molecular formula is C26H31FN4O2. The fourth-order valence-electron chi connectivity index (χ4n) is 4.69. The molecule has 0 saturated carbocycles. The summed E-state index contributed by atoms with van der Waals surface area (Å²) in [5, 5.41) is 6.99. The van der Waals surface area contributed by atoms with Crippen LogP contribution in [0.25, 0.3) is 10.9 Å². The van der Waals surface area contributed by atoms with Gasteiger partial charge in [0, 0.05) is 36.5 Å². The fourth-order valence-corrected chi connectivity index (χ4v) is 4.69. The summed E-state index contributed by atoms with van der Waals surface area (Å²) in [6.45, 7) is 7.41. The van der Waals surface area contributed by atoms with E-state index in [0.717, 1.165) is 29.6 Å². The number of rotatable bonds is 9. The zero-order valence-electron chi connectivity index (χ0n) is 19.2. The molecule has 2 aromatic carbocycles. The molecule has 1 fully saturated rings. The topological polar surface area (TPSA) is 77.2 Å². The van der Waals surface area contributed by atoms with E-state index in [-0.39, 0.29) is 23.5 Å². The maximum Gasteiger partial charge on any atom is 0.267 e. The van der Waals surface area contributed by atoms with E-state index in [1.165, 1.54) is 12.1 Å². The number of para-hydroxylation sites is 1. The van der Waals surface area contributed by atoms with Crippen LogP contribution in [0.4, 0.5) is 4.39 Å². The molecule has 3 aromatic rings. The number of aromatic nitrogens is 1. The normalized spacial score (nSPS) is 20.4. The number of nitrogens with zero attached hydrogens (tertiary/aromatic N) is 1. The molecule has 1 aliphatic rings. The Bertz CT molecular complexity index is 1090. The van der Waals surface area contributed by atoms with E-state index in [2.05, 4.69) is 27.4 Å². The lowest BCUT2D eigenvalue weighted by Crippen LogP contribution is -2.39. The second-order valence-corrected chi connectivity index (χ2v) is 8.94. The number of benzene rings is 2. The zero-order valence-corrected chi connectivity index (χ0v) is 19.2. The molecule has 1 aliphatic heterocycles. The molecule has 1 saturated heterocycles. The molecule has 2 amide bonds. The Hall–Kier alpha value is -3.19. The third kappa shape index (κ3) is 4.93. The van der Waals surface area contributed by atoms with Crippen LogP contribution >= 0.6 is 0 Å². The van der Waals surface area contributed by atoms with E-state index in [0.29, 0.717) is 31.7 Å². The highest BCUT2D eigenvalue weighted by atomic mass is 19.1. The summed E-state index contributed by atoms with van der Waals surface area (Å²) >= 11 is 0. The summed E-state index contributed by atoms with van der Waals surface area (Å²) in [6.07, 6.45) is 0.685. The first kappa shape index (κ1) is 23.0. The van der Waals surface area contributed by atoms with Gasteiger partial charge in [-0.25, -0.2) is 4.39 Å². The van der Waals surface area contributed by atoms with Gasteiger partial charge in [-0.2, -0.15) is 0 Å². The van der Waals surface area contributed by atoms with Gasteiger partial charge < -0.3 is 20.5 Å². The maximum absolute atomic E-state index is 13.4. The van der Waals surface area contributed by atoms with Crippen LogP contribution in [-0.2, 0) is 4.79 Å². The minimum absolute atomic E-state index is 0.00557. The van der Waals surface area contributed by atoms with Crippen molar-refractivity contribution in [1.29, 1.82) is 0 Å². The maximum atomic E-state index is 13.4. The van der Waals surface area contributed by atoms with Crippen LogP contribution < -0.4 is 10.6 Å². The Balaban J connectivity index is 1.32. The predicted octanol–water partition coefficient (Wildman–Crippen LogP) is 3.67. The van der Waals surface area contributed by atoms with E-state index in [4.69, 9.17) is 0 Å². The van der Waals surface area contributed by atoms with Crippen LogP contribution in [0.3, 0.4) is 0 Å². The average Bonchev–Trinajstić information content (AvgIpc) is 3.38. The van der Waals surface area contributed by atoms with Crippen LogP contribution in [0, 0.1) is 11.2 Å². The van der Waals surface area contributed by atoms with E-state index in [1.807, 2.05) is 37.3 Å². The second-order valence-electron chi connectivity index (χ2n) is 8.94. The lowest BCUT2D eigenvalue weighted by molar-refractivity contribution is -0.127. The molecule has 0 aliphatic carbocycles. The average molecular weight is 451 g/mol. The number of amides is 2. The number of hydrogen-bond acceptors (Lipinski definition) is 3. The van der Waals surface area contributed by atoms with Crippen molar-refractivity contribution in [3.63, 3.8) is 0 Å². The highest BCUT2D eigenvalue weighted by Crippen LogP contribution is 2.42. The van der Waals surface area contributed by atoms with Gasteiger partial charge in [0.05, 0.1) is 5.41 Å². The van der Waals surface area contributed by atoms with Crippen molar-refractivity contribution in [3.05, 3.63) is 71.7 Å². The Labute approximate surface area is 193 Å². The molecule has 0 radical (unpaired) electrons. The number of aromatic amines is 1. The molecule has 2 atom stereocenters. The minimum Gasteiger partial charge on any atom is -0.355 e. The first-order chi connectivity index (χ1) is 15.9. The molecule has 1 unspecified atom stereocenters. The monoisotopic (exact) mass is 450 g/mol. The zero-order chi connectivity index (χ0) is 23.4. The first-order valence-electron chi connectivity index (χ1n) is 11.5. The van der Waals surface area contributed by atoms with E-state index in [9.17, 15) is 14.0 Å².